The van der Waals surface area contributed by atoms with Gasteiger partial charge in [-0.1, -0.05) is 0 Å². The number of aromatic carboxylic acids is 1. The van der Waals surface area contributed by atoms with Crippen molar-refractivity contribution in [2.24, 2.45) is 0 Å². The number of carboxylic acids is 1. The second-order valence-corrected chi connectivity index (χ2v) is 4.69. The van der Waals surface area contributed by atoms with Gasteiger partial charge in [0.1, 0.15) is 0 Å². The summed E-state index contributed by atoms with van der Waals surface area (Å²) in [5, 5.41) is 11.6. The molecule has 0 aliphatic rings. The highest BCUT2D eigenvalue weighted by atomic mass is 127. The third-order valence-corrected chi connectivity index (χ3v) is 2.95. The topological polar surface area (TPSA) is 69.6 Å². The summed E-state index contributed by atoms with van der Waals surface area (Å²) in [6.07, 6.45) is 0. The van der Waals surface area contributed by atoms with E-state index in [1.807, 2.05) is 29.5 Å². The van der Waals surface area contributed by atoms with Crippen LogP contribution in [0.15, 0.2) is 18.2 Å². The fraction of sp³-hybridized carbons (Fsp3) is 0.273. The van der Waals surface area contributed by atoms with Crippen molar-refractivity contribution < 1.29 is 14.7 Å². The van der Waals surface area contributed by atoms with Crippen molar-refractivity contribution in [2.45, 2.75) is 6.92 Å². The molecule has 2 N–H and O–H groups in total. The number of carbonyl (C=O) groups excluding carboxylic acids is 1. The average molecular weight is 348 g/mol. The Balaban J connectivity index is 2.98. The maximum absolute atomic E-state index is 11.6. The Morgan fingerprint density at radius 2 is 2.12 bits per heavy atom. The maximum atomic E-state index is 11.6. The first-order valence-electron chi connectivity index (χ1n) is 5.00. The quantitative estimate of drug-likeness (QED) is 0.825. The summed E-state index contributed by atoms with van der Waals surface area (Å²) in [5.74, 6) is -1.06. The van der Waals surface area contributed by atoms with Gasteiger partial charge in [-0.2, -0.15) is 0 Å². The van der Waals surface area contributed by atoms with Crippen molar-refractivity contribution in [1.82, 2.24) is 4.90 Å². The lowest BCUT2D eigenvalue weighted by molar-refractivity contribution is 0.0698. The third kappa shape index (κ3) is 3.58. The predicted molar refractivity (Wildman–Crippen MR) is 73.4 cm³/mol. The van der Waals surface area contributed by atoms with Crippen molar-refractivity contribution in [3.05, 3.63) is 27.3 Å². The van der Waals surface area contributed by atoms with Crippen molar-refractivity contribution in [2.75, 3.05) is 18.9 Å². The number of amides is 2. The lowest BCUT2D eigenvalue weighted by atomic mass is 10.2. The van der Waals surface area contributed by atoms with Crippen LogP contribution in [0.4, 0.5) is 10.5 Å². The van der Waals surface area contributed by atoms with Crippen LogP contribution < -0.4 is 5.32 Å². The minimum Gasteiger partial charge on any atom is -0.478 e. The molecule has 0 aromatic heterocycles. The second-order valence-electron chi connectivity index (χ2n) is 3.44. The Hall–Kier alpha value is -1.31. The number of carboxylic acid groups (broad SMARTS) is 1. The summed E-state index contributed by atoms with van der Waals surface area (Å²) < 4.78 is 0.807. The molecule has 0 radical (unpaired) electrons. The zero-order valence-corrected chi connectivity index (χ0v) is 11.7. The number of hydrogen-bond donors (Lipinski definition) is 2. The van der Waals surface area contributed by atoms with E-state index in [-0.39, 0.29) is 11.6 Å². The zero-order chi connectivity index (χ0) is 13.0. The summed E-state index contributed by atoms with van der Waals surface area (Å²) >= 11 is 2.02. The minimum atomic E-state index is -1.06. The molecule has 92 valence electrons. The zero-order valence-electron chi connectivity index (χ0n) is 9.53. The van der Waals surface area contributed by atoms with E-state index in [1.54, 1.807) is 19.2 Å². The Bertz CT molecular complexity index is 448. The molecule has 17 heavy (non-hydrogen) atoms. The molecule has 6 heteroatoms. The van der Waals surface area contributed by atoms with Gasteiger partial charge in [0.25, 0.3) is 0 Å². The molecule has 0 saturated heterocycles. The van der Waals surface area contributed by atoms with Gasteiger partial charge in [-0.3, -0.25) is 0 Å². The van der Waals surface area contributed by atoms with Gasteiger partial charge in [0.15, 0.2) is 0 Å². The Kier molecular flexibility index (Phi) is 4.73. The number of nitrogens with zero attached hydrogens (tertiary/aromatic N) is 1. The number of nitrogens with one attached hydrogen (secondary N) is 1. The number of benzene rings is 1. The lowest BCUT2D eigenvalue weighted by Crippen LogP contribution is -2.31. The van der Waals surface area contributed by atoms with Crippen LogP contribution in [-0.4, -0.2) is 35.6 Å². The van der Waals surface area contributed by atoms with Gasteiger partial charge < -0.3 is 15.3 Å². The normalized spacial score (nSPS) is 9.82. The van der Waals surface area contributed by atoms with E-state index in [0.717, 1.165) is 3.57 Å². The van der Waals surface area contributed by atoms with Gasteiger partial charge in [-0.05, 0) is 47.7 Å². The number of carbonyl (C=O) groups is 2. The first kappa shape index (κ1) is 13.8. The first-order chi connectivity index (χ1) is 7.95. The summed E-state index contributed by atoms with van der Waals surface area (Å²) in [7, 11) is 1.64. The highest BCUT2D eigenvalue weighted by Gasteiger charge is 2.14. The molecule has 0 aliphatic carbocycles. The van der Waals surface area contributed by atoms with E-state index < -0.39 is 5.97 Å². The molecule has 1 aromatic carbocycles. The Morgan fingerprint density at radius 3 is 2.65 bits per heavy atom. The van der Waals surface area contributed by atoms with E-state index in [1.165, 1.54) is 11.0 Å². The molecule has 0 bridgehead atoms. The maximum Gasteiger partial charge on any atom is 0.337 e. The number of hydrogen-bond acceptors (Lipinski definition) is 2. The fourth-order valence-electron chi connectivity index (χ4n) is 1.16. The van der Waals surface area contributed by atoms with Crippen LogP contribution >= 0.6 is 22.6 Å². The molecule has 0 heterocycles. The Morgan fingerprint density at radius 1 is 1.47 bits per heavy atom. The molecule has 0 atom stereocenters. The van der Waals surface area contributed by atoms with Crippen LogP contribution in [0.25, 0.3) is 0 Å². The highest BCUT2D eigenvalue weighted by molar-refractivity contribution is 14.1. The van der Waals surface area contributed by atoms with Crippen LogP contribution in [0.3, 0.4) is 0 Å². The van der Waals surface area contributed by atoms with Crippen molar-refractivity contribution in [3.63, 3.8) is 0 Å². The molecule has 0 saturated carbocycles. The summed E-state index contributed by atoms with van der Waals surface area (Å²) in [6, 6.07) is 4.53. The molecule has 0 unspecified atom stereocenters. The van der Waals surface area contributed by atoms with Crippen LogP contribution in [-0.2, 0) is 0 Å². The molecule has 0 spiro atoms. The SMILES string of the molecule is CCN(C)C(=O)Nc1ccc(I)cc1C(=O)O. The lowest BCUT2D eigenvalue weighted by Gasteiger charge is -2.16. The van der Waals surface area contributed by atoms with E-state index >= 15 is 0 Å². The molecule has 0 fully saturated rings. The molecule has 2 amide bonds. The molecular formula is C11H13IN2O3. The summed E-state index contributed by atoms with van der Waals surface area (Å²) in [6.45, 7) is 2.39. The van der Waals surface area contributed by atoms with Crippen molar-refractivity contribution >= 4 is 40.3 Å². The van der Waals surface area contributed by atoms with Gasteiger partial charge in [0.2, 0.25) is 0 Å². The predicted octanol–water partition coefficient (Wildman–Crippen LogP) is 2.47. The monoisotopic (exact) mass is 348 g/mol. The molecule has 1 aromatic rings. The van der Waals surface area contributed by atoms with Gasteiger partial charge in [0.05, 0.1) is 11.3 Å². The van der Waals surface area contributed by atoms with Crippen molar-refractivity contribution in [1.29, 1.82) is 0 Å². The van der Waals surface area contributed by atoms with Crippen molar-refractivity contribution in [3.8, 4) is 0 Å². The van der Waals surface area contributed by atoms with E-state index in [0.29, 0.717) is 12.2 Å². The van der Waals surface area contributed by atoms with Crippen LogP contribution in [0.2, 0.25) is 0 Å². The van der Waals surface area contributed by atoms with Crippen LogP contribution in [0, 0.1) is 3.57 Å². The van der Waals surface area contributed by atoms with Crippen LogP contribution in [0.1, 0.15) is 17.3 Å². The molecule has 5 nitrogen and oxygen atoms in total. The number of rotatable bonds is 3. The first-order valence-corrected chi connectivity index (χ1v) is 6.08. The molecule has 1 rings (SSSR count). The number of halogens is 1. The smallest absolute Gasteiger partial charge is 0.337 e. The standard InChI is InChI=1S/C11H13IN2O3/c1-3-14(2)11(17)13-9-5-4-7(12)6-8(9)10(15)16/h4-6H,3H2,1-2H3,(H,13,17)(H,15,16). The van der Waals surface area contributed by atoms with E-state index in [9.17, 15) is 9.59 Å². The second kappa shape index (κ2) is 5.85. The third-order valence-electron chi connectivity index (χ3n) is 2.27. The highest BCUT2D eigenvalue weighted by Crippen LogP contribution is 2.19. The minimum absolute atomic E-state index is 0.0924. The Labute approximate surface area is 113 Å². The molecule has 0 aliphatic heterocycles. The summed E-state index contributed by atoms with van der Waals surface area (Å²) in [5.41, 5.74) is 0.401. The van der Waals surface area contributed by atoms with Gasteiger partial charge >= 0.3 is 12.0 Å². The largest absolute Gasteiger partial charge is 0.478 e. The van der Waals surface area contributed by atoms with Gasteiger partial charge in [-0.25, -0.2) is 9.59 Å². The van der Waals surface area contributed by atoms with E-state index in [4.69, 9.17) is 5.11 Å². The number of anilines is 1. The summed E-state index contributed by atoms with van der Waals surface area (Å²) in [4.78, 5) is 24.1. The van der Waals surface area contributed by atoms with Gasteiger partial charge in [-0.15, -0.1) is 0 Å². The van der Waals surface area contributed by atoms with E-state index in [2.05, 4.69) is 5.32 Å². The molecular weight excluding hydrogens is 335 g/mol. The average Bonchev–Trinajstić information content (AvgIpc) is 2.29. The number of urea groups is 1. The van der Waals surface area contributed by atoms with Crippen LogP contribution in [0.5, 0.6) is 0 Å². The van der Waals surface area contributed by atoms with Gasteiger partial charge in [0, 0.05) is 17.2 Å². The fourth-order valence-corrected chi connectivity index (χ4v) is 1.65.